The summed E-state index contributed by atoms with van der Waals surface area (Å²) in [7, 11) is 1.26. The second-order valence-electron chi connectivity index (χ2n) is 5.75. The Morgan fingerprint density at radius 3 is 2.42 bits per heavy atom. The van der Waals surface area contributed by atoms with Crippen LogP contribution in [0.4, 0.5) is 13.2 Å². The molecule has 136 valence electrons. The van der Waals surface area contributed by atoms with Crippen LogP contribution >= 0.6 is 0 Å². The molecule has 0 aliphatic heterocycles. The van der Waals surface area contributed by atoms with E-state index >= 15 is 0 Å². The smallest absolute Gasteiger partial charge is 0.493 e. The molecule has 0 aliphatic carbocycles. The van der Waals surface area contributed by atoms with Crippen molar-refractivity contribution in [2.75, 3.05) is 13.7 Å². The molecular formula is C16H22F3NO4. The van der Waals surface area contributed by atoms with Crippen LogP contribution in [0.15, 0.2) is 18.2 Å². The molecule has 0 unspecified atom stereocenters. The fraction of sp³-hybridized carbons (Fsp3) is 0.562. The van der Waals surface area contributed by atoms with Gasteiger partial charge in [0.15, 0.2) is 11.5 Å². The first-order chi connectivity index (χ1) is 11.1. The van der Waals surface area contributed by atoms with E-state index in [-0.39, 0.29) is 24.7 Å². The molecular weight excluding hydrogens is 327 g/mol. The number of carbonyl (C=O) groups excluding carboxylic acids is 1. The normalized spacial score (nSPS) is 12.0. The van der Waals surface area contributed by atoms with Crippen molar-refractivity contribution in [1.29, 1.82) is 0 Å². The number of benzene rings is 1. The van der Waals surface area contributed by atoms with Crippen molar-refractivity contribution in [3.05, 3.63) is 23.8 Å². The summed E-state index contributed by atoms with van der Waals surface area (Å²) in [6.45, 7) is 5.88. The predicted molar refractivity (Wildman–Crippen MR) is 81.8 cm³/mol. The number of rotatable bonds is 8. The van der Waals surface area contributed by atoms with Crippen molar-refractivity contribution in [1.82, 2.24) is 5.32 Å². The number of hydrogen-bond donors (Lipinski definition) is 1. The summed E-state index contributed by atoms with van der Waals surface area (Å²) in [5.41, 5.74) is -0.0102. The van der Waals surface area contributed by atoms with Crippen molar-refractivity contribution in [3.63, 3.8) is 0 Å². The molecule has 8 heteroatoms. The average Bonchev–Trinajstić information content (AvgIpc) is 2.43. The highest BCUT2D eigenvalue weighted by molar-refractivity contribution is 5.70. The molecule has 1 aromatic carbocycles. The lowest BCUT2D eigenvalue weighted by atomic mass is 10.0. The molecule has 24 heavy (non-hydrogen) atoms. The molecule has 1 aromatic rings. The summed E-state index contributed by atoms with van der Waals surface area (Å²) < 4.78 is 51.0. The number of alkyl halides is 3. The van der Waals surface area contributed by atoms with Crippen LogP contribution in [0.1, 0.15) is 32.8 Å². The van der Waals surface area contributed by atoms with Crippen molar-refractivity contribution in [3.8, 4) is 11.5 Å². The Balaban J connectivity index is 2.77. The number of ether oxygens (including phenoxy) is 3. The first kappa shape index (κ1) is 20.1. The van der Waals surface area contributed by atoms with Crippen LogP contribution in [0.3, 0.4) is 0 Å². The fourth-order valence-corrected chi connectivity index (χ4v) is 2.01. The van der Waals surface area contributed by atoms with E-state index in [1.165, 1.54) is 19.2 Å². The second-order valence-corrected chi connectivity index (χ2v) is 5.75. The highest BCUT2D eigenvalue weighted by atomic mass is 19.4. The van der Waals surface area contributed by atoms with Gasteiger partial charge in [-0.05, 0) is 38.5 Å². The van der Waals surface area contributed by atoms with E-state index in [0.29, 0.717) is 12.2 Å². The molecule has 0 spiro atoms. The van der Waals surface area contributed by atoms with E-state index in [2.05, 4.69) is 10.1 Å². The third-order valence-corrected chi connectivity index (χ3v) is 3.12. The van der Waals surface area contributed by atoms with E-state index < -0.39 is 17.7 Å². The fourth-order valence-electron chi connectivity index (χ4n) is 2.01. The average molecular weight is 349 g/mol. The Kier molecular flexibility index (Phi) is 6.89. The lowest BCUT2D eigenvalue weighted by Crippen LogP contribution is -2.41. The minimum atomic E-state index is -4.80. The predicted octanol–water partition coefficient (Wildman–Crippen LogP) is 3.42. The molecule has 0 amide bonds. The van der Waals surface area contributed by atoms with Crippen LogP contribution in [0.2, 0.25) is 0 Å². The van der Waals surface area contributed by atoms with Gasteiger partial charge in [-0.2, -0.15) is 0 Å². The van der Waals surface area contributed by atoms with Gasteiger partial charge in [0.05, 0.1) is 20.1 Å². The number of carbonyl (C=O) groups is 1. The van der Waals surface area contributed by atoms with Gasteiger partial charge in [-0.25, -0.2) is 0 Å². The number of nitrogens with one attached hydrogen (secondary N) is 1. The van der Waals surface area contributed by atoms with E-state index in [1.54, 1.807) is 26.8 Å². The molecule has 0 aliphatic rings. The SMILES string of the molecule is CCOC(=O)CC(C)(C)NCc1ccc(OC)c(OC(F)(F)F)c1. The topological polar surface area (TPSA) is 56.8 Å². The molecule has 0 saturated heterocycles. The van der Waals surface area contributed by atoms with Crippen molar-refractivity contribution in [2.24, 2.45) is 0 Å². The second kappa shape index (κ2) is 8.23. The van der Waals surface area contributed by atoms with Gasteiger partial charge in [0.25, 0.3) is 0 Å². The summed E-state index contributed by atoms with van der Waals surface area (Å²) in [5, 5.41) is 3.11. The Labute approximate surface area is 139 Å². The van der Waals surface area contributed by atoms with Crippen LogP contribution in [-0.2, 0) is 16.1 Å². The van der Waals surface area contributed by atoms with E-state index in [9.17, 15) is 18.0 Å². The first-order valence-corrected chi connectivity index (χ1v) is 7.39. The molecule has 0 atom stereocenters. The molecule has 0 fully saturated rings. The van der Waals surface area contributed by atoms with E-state index in [0.717, 1.165) is 0 Å². The van der Waals surface area contributed by atoms with Gasteiger partial charge < -0.3 is 19.5 Å². The molecule has 0 heterocycles. The molecule has 0 radical (unpaired) electrons. The van der Waals surface area contributed by atoms with E-state index in [1.807, 2.05) is 0 Å². The van der Waals surface area contributed by atoms with Crippen molar-refractivity contribution < 1.29 is 32.2 Å². The minimum absolute atomic E-state index is 0.0122. The van der Waals surface area contributed by atoms with Gasteiger partial charge in [0.2, 0.25) is 0 Å². The highest BCUT2D eigenvalue weighted by Crippen LogP contribution is 2.33. The quantitative estimate of drug-likeness (QED) is 0.729. The third-order valence-electron chi connectivity index (χ3n) is 3.12. The van der Waals surface area contributed by atoms with Crippen LogP contribution in [0, 0.1) is 0 Å². The molecule has 0 bridgehead atoms. The van der Waals surface area contributed by atoms with Crippen LogP contribution < -0.4 is 14.8 Å². The zero-order chi connectivity index (χ0) is 18.4. The Morgan fingerprint density at radius 2 is 1.88 bits per heavy atom. The highest BCUT2D eigenvalue weighted by Gasteiger charge is 2.32. The standard InChI is InChI=1S/C16H22F3NO4/c1-5-23-14(21)9-15(2,3)20-10-11-6-7-12(22-4)13(8-11)24-16(17,18)19/h6-8,20H,5,9-10H2,1-4H3. The molecule has 5 nitrogen and oxygen atoms in total. The van der Waals surface area contributed by atoms with Crippen LogP contribution in [-0.4, -0.2) is 31.6 Å². The molecule has 0 saturated carbocycles. The van der Waals surface area contributed by atoms with Gasteiger partial charge in [0, 0.05) is 12.1 Å². The summed E-state index contributed by atoms with van der Waals surface area (Å²) in [5.74, 6) is -0.764. The number of halogens is 3. The van der Waals surface area contributed by atoms with Gasteiger partial charge in [-0.3, -0.25) is 4.79 Å². The number of methoxy groups -OCH3 is 1. The van der Waals surface area contributed by atoms with Crippen molar-refractivity contribution >= 4 is 5.97 Å². The minimum Gasteiger partial charge on any atom is -0.493 e. The zero-order valence-corrected chi connectivity index (χ0v) is 14.1. The molecule has 0 aromatic heterocycles. The summed E-state index contributed by atoms with van der Waals surface area (Å²) in [6.07, 6.45) is -4.66. The Morgan fingerprint density at radius 1 is 1.21 bits per heavy atom. The van der Waals surface area contributed by atoms with Crippen LogP contribution in [0.5, 0.6) is 11.5 Å². The molecule has 1 rings (SSSR count). The third kappa shape index (κ3) is 7.08. The van der Waals surface area contributed by atoms with Gasteiger partial charge in [-0.1, -0.05) is 6.07 Å². The largest absolute Gasteiger partial charge is 0.573 e. The maximum Gasteiger partial charge on any atom is 0.573 e. The van der Waals surface area contributed by atoms with Gasteiger partial charge in [0.1, 0.15) is 0 Å². The zero-order valence-electron chi connectivity index (χ0n) is 14.1. The van der Waals surface area contributed by atoms with Gasteiger partial charge in [-0.15, -0.1) is 13.2 Å². The first-order valence-electron chi connectivity index (χ1n) is 7.39. The summed E-state index contributed by atoms with van der Waals surface area (Å²) >= 11 is 0. The lowest BCUT2D eigenvalue weighted by molar-refractivity contribution is -0.275. The Hall–Kier alpha value is -1.96. The summed E-state index contributed by atoms with van der Waals surface area (Å²) in [6, 6.07) is 4.27. The Bertz CT molecular complexity index is 559. The maximum atomic E-state index is 12.4. The van der Waals surface area contributed by atoms with E-state index in [4.69, 9.17) is 9.47 Å². The van der Waals surface area contributed by atoms with Crippen molar-refractivity contribution in [2.45, 2.75) is 45.6 Å². The van der Waals surface area contributed by atoms with Gasteiger partial charge >= 0.3 is 12.3 Å². The maximum absolute atomic E-state index is 12.4. The molecule has 1 N–H and O–H groups in total. The lowest BCUT2D eigenvalue weighted by Gasteiger charge is -2.25. The van der Waals surface area contributed by atoms with Crippen LogP contribution in [0.25, 0.3) is 0 Å². The number of esters is 1. The summed E-state index contributed by atoms with van der Waals surface area (Å²) in [4.78, 5) is 11.5. The monoisotopic (exact) mass is 349 g/mol. The number of hydrogen-bond acceptors (Lipinski definition) is 5.